The molecule has 0 amide bonds. The Morgan fingerprint density at radius 3 is 2.72 bits per heavy atom. The Hall–Kier alpha value is -1.62. The van der Waals surface area contributed by atoms with Gasteiger partial charge in [-0.2, -0.15) is 0 Å². The van der Waals surface area contributed by atoms with Gasteiger partial charge >= 0.3 is 5.69 Å². The van der Waals surface area contributed by atoms with E-state index in [0.29, 0.717) is 5.56 Å². The maximum atomic E-state index is 10.7. The molecule has 0 bridgehead atoms. The van der Waals surface area contributed by atoms with Gasteiger partial charge in [0.15, 0.2) is 0 Å². The molecule has 1 fully saturated rings. The van der Waals surface area contributed by atoms with E-state index in [9.17, 15) is 15.2 Å². The summed E-state index contributed by atoms with van der Waals surface area (Å²) in [5, 5.41) is 20.7. The number of phenols is 1. The minimum absolute atomic E-state index is 0.215. The molecule has 96 valence electrons. The van der Waals surface area contributed by atoms with Gasteiger partial charge in [0, 0.05) is 28.9 Å². The monoisotopic (exact) mass is 268 g/mol. The quantitative estimate of drug-likeness (QED) is 0.519. The number of benzene rings is 1. The minimum atomic E-state index is -0.659. The van der Waals surface area contributed by atoms with Gasteiger partial charge in [0.25, 0.3) is 0 Å². The number of aliphatic imine (C=N–C) groups is 1. The van der Waals surface area contributed by atoms with E-state index in [-0.39, 0.29) is 16.8 Å². The molecule has 0 aliphatic heterocycles. The van der Waals surface area contributed by atoms with Crippen molar-refractivity contribution < 1.29 is 10.0 Å². The van der Waals surface area contributed by atoms with Crippen molar-refractivity contribution in [3.05, 3.63) is 32.8 Å². The molecule has 5 nitrogen and oxygen atoms in total. The molecule has 6 heteroatoms. The second-order valence-electron chi connectivity index (χ2n) is 4.34. The number of phenolic OH excluding ortho intramolecular Hbond substituents is 1. The van der Waals surface area contributed by atoms with E-state index in [4.69, 9.17) is 11.6 Å². The van der Waals surface area contributed by atoms with Gasteiger partial charge in [-0.05, 0) is 18.9 Å². The summed E-state index contributed by atoms with van der Waals surface area (Å²) in [4.78, 5) is 14.4. The standard InChI is InChI=1S/C12H13ClN2O3/c13-9-5-8(7-14-10-3-1-2-4-10)12(16)11(6-9)15(17)18/h5-7,10,16H,1-4H2. The third-order valence-electron chi connectivity index (χ3n) is 3.03. The van der Waals surface area contributed by atoms with Gasteiger partial charge in [-0.25, -0.2) is 0 Å². The number of nitro groups is 1. The van der Waals surface area contributed by atoms with Crippen LogP contribution >= 0.6 is 11.6 Å². The van der Waals surface area contributed by atoms with E-state index in [2.05, 4.69) is 4.99 Å². The van der Waals surface area contributed by atoms with Crippen molar-refractivity contribution in [3.63, 3.8) is 0 Å². The highest BCUT2D eigenvalue weighted by molar-refractivity contribution is 6.31. The Morgan fingerprint density at radius 2 is 2.11 bits per heavy atom. The number of rotatable bonds is 3. The zero-order valence-electron chi connectivity index (χ0n) is 9.67. The number of aromatic hydroxyl groups is 1. The lowest BCUT2D eigenvalue weighted by Crippen LogP contribution is -1.98. The molecule has 0 atom stereocenters. The molecule has 2 rings (SSSR count). The fourth-order valence-electron chi connectivity index (χ4n) is 2.08. The predicted molar refractivity (Wildman–Crippen MR) is 69.6 cm³/mol. The molecule has 1 aliphatic rings. The molecule has 0 heterocycles. The van der Waals surface area contributed by atoms with Crippen molar-refractivity contribution >= 4 is 23.5 Å². The highest BCUT2D eigenvalue weighted by Crippen LogP contribution is 2.32. The summed E-state index contributed by atoms with van der Waals surface area (Å²) in [7, 11) is 0. The van der Waals surface area contributed by atoms with Crippen LogP contribution in [-0.2, 0) is 0 Å². The third-order valence-corrected chi connectivity index (χ3v) is 3.25. The predicted octanol–water partition coefficient (Wildman–Crippen LogP) is 3.32. The average molecular weight is 269 g/mol. The molecule has 1 N–H and O–H groups in total. The van der Waals surface area contributed by atoms with Crippen LogP contribution in [0.2, 0.25) is 5.02 Å². The third kappa shape index (κ3) is 2.79. The Morgan fingerprint density at radius 1 is 1.44 bits per heavy atom. The van der Waals surface area contributed by atoms with Gasteiger partial charge < -0.3 is 5.11 Å². The van der Waals surface area contributed by atoms with Gasteiger partial charge in [-0.3, -0.25) is 15.1 Å². The second kappa shape index (κ2) is 5.35. The number of nitro benzene ring substituents is 1. The van der Waals surface area contributed by atoms with E-state index in [1.54, 1.807) is 0 Å². The van der Waals surface area contributed by atoms with Gasteiger partial charge in [-0.15, -0.1) is 0 Å². The van der Waals surface area contributed by atoms with E-state index >= 15 is 0 Å². The van der Waals surface area contributed by atoms with Crippen LogP contribution < -0.4 is 0 Å². The van der Waals surface area contributed by atoms with Crippen molar-refractivity contribution in [1.29, 1.82) is 0 Å². The van der Waals surface area contributed by atoms with Gasteiger partial charge in [0.05, 0.1) is 4.92 Å². The topological polar surface area (TPSA) is 75.7 Å². The zero-order chi connectivity index (χ0) is 13.1. The molecule has 1 aliphatic carbocycles. The summed E-state index contributed by atoms with van der Waals surface area (Å²) < 4.78 is 0. The number of halogens is 1. The lowest BCUT2D eigenvalue weighted by atomic mass is 10.2. The van der Waals surface area contributed by atoms with Gasteiger partial charge in [-0.1, -0.05) is 24.4 Å². The SMILES string of the molecule is O=[N+]([O-])c1cc(Cl)cc(C=NC2CCCC2)c1O. The number of nitrogens with zero attached hydrogens (tertiary/aromatic N) is 2. The summed E-state index contributed by atoms with van der Waals surface area (Å²) in [6.07, 6.45) is 5.84. The van der Waals surface area contributed by atoms with Crippen LogP contribution in [0.3, 0.4) is 0 Å². The van der Waals surface area contributed by atoms with Crippen LogP contribution in [-0.4, -0.2) is 22.3 Å². The first kappa shape index (κ1) is 12.8. The van der Waals surface area contributed by atoms with Crippen molar-refractivity contribution in [2.45, 2.75) is 31.7 Å². The Labute approximate surface area is 109 Å². The first-order valence-electron chi connectivity index (χ1n) is 5.78. The minimum Gasteiger partial charge on any atom is -0.502 e. The Bertz CT molecular complexity index is 496. The first-order valence-corrected chi connectivity index (χ1v) is 6.16. The van der Waals surface area contributed by atoms with Gasteiger partial charge in [0.2, 0.25) is 5.75 Å². The lowest BCUT2D eigenvalue weighted by molar-refractivity contribution is -0.385. The van der Waals surface area contributed by atoms with Crippen molar-refractivity contribution in [2.75, 3.05) is 0 Å². The summed E-state index contributed by atoms with van der Waals surface area (Å²) in [5.74, 6) is -0.383. The molecule has 1 aromatic carbocycles. The summed E-state index contributed by atoms with van der Waals surface area (Å²) in [5.41, 5.74) is -0.100. The zero-order valence-corrected chi connectivity index (χ0v) is 10.4. The smallest absolute Gasteiger partial charge is 0.312 e. The number of hydrogen-bond acceptors (Lipinski definition) is 4. The lowest BCUT2D eigenvalue weighted by Gasteiger charge is -2.03. The van der Waals surface area contributed by atoms with E-state index in [0.717, 1.165) is 31.7 Å². The first-order chi connectivity index (χ1) is 8.58. The Balaban J connectivity index is 2.29. The van der Waals surface area contributed by atoms with E-state index in [1.807, 2.05) is 0 Å². The Kier molecular flexibility index (Phi) is 3.81. The fraction of sp³-hybridized carbons (Fsp3) is 0.417. The maximum Gasteiger partial charge on any atom is 0.312 e. The molecule has 0 radical (unpaired) electrons. The number of hydrogen-bond donors (Lipinski definition) is 1. The molecule has 0 saturated heterocycles. The molecule has 0 unspecified atom stereocenters. The van der Waals surface area contributed by atoms with Crippen LogP contribution in [0.15, 0.2) is 17.1 Å². The molecule has 1 aromatic rings. The van der Waals surface area contributed by atoms with Crippen molar-refractivity contribution in [1.82, 2.24) is 0 Å². The largest absolute Gasteiger partial charge is 0.502 e. The van der Waals surface area contributed by atoms with Crippen LogP contribution in [0.5, 0.6) is 5.75 Å². The van der Waals surface area contributed by atoms with Crippen molar-refractivity contribution in [2.24, 2.45) is 4.99 Å². The van der Waals surface area contributed by atoms with Crippen LogP contribution in [0.1, 0.15) is 31.2 Å². The van der Waals surface area contributed by atoms with Crippen LogP contribution in [0, 0.1) is 10.1 Å². The summed E-state index contributed by atoms with van der Waals surface area (Å²) >= 11 is 5.78. The molecule has 0 aromatic heterocycles. The summed E-state index contributed by atoms with van der Waals surface area (Å²) in [6, 6.07) is 2.86. The molecule has 1 saturated carbocycles. The van der Waals surface area contributed by atoms with E-state index < -0.39 is 10.6 Å². The van der Waals surface area contributed by atoms with Crippen LogP contribution in [0.4, 0.5) is 5.69 Å². The van der Waals surface area contributed by atoms with Crippen LogP contribution in [0.25, 0.3) is 0 Å². The summed E-state index contributed by atoms with van der Waals surface area (Å²) in [6.45, 7) is 0. The molecular formula is C12H13ClN2O3. The second-order valence-corrected chi connectivity index (χ2v) is 4.77. The maximum absolute atomic E-state index is 10.7. The normalized spacial score (nSPS) is 16.5. The molecular weight excluding hydrogens is 256 g/mol. The fourth-order valence-corrected chi connectivity index (χ4v) is 2.30. The van der Waals surface area contributed by atoms with E-state index in [1.165, 1.54) is 12.3 Å². The van der Waals surface area contributed by atoms with Crippen molar-refractivity contribution in [3.8, 4) is 5.75 Å². The highest BCUT2D eigenvalue weighted by atomic mass is 35.5. The highest BCUT2D eigenvalue weighted by Gasteiger charge is 2.18. The molecule has 0 spiro atoms. The molecule has 18 heavy (non-hydrogen) atoms. The van der Waals surface area contributed by atoms with Gasteiger partial charge in [0.1, 0.15) is 0 Å². The average Bonchev–Trinajstić information content (AvgIpc) is 2.82.